The maximum atomic E-state index is 12.6. The molecule has 0 bridgehead atoms. The van der Waals surface area contributed by atoms with Crippen molar-refractivity contribution in [1.82, 2.24) is 23.6 Å². The van der Waals surface area contributed by atoms with Crippen molar-refractivity contribution in [2.24, 2.45) is 14.1 Å². The van der Waals surface area contributed by atoms with E-state index in [0.29, 0.717) is 24.3 Å². The fraction of sp³-hybridized carbons (Fsp3) is 0.450. The first-order valence-corrected chi connectivity index (χ1v) is 9.53. The lowest BCUT2D eigenvalue weighted by molar-refractivity contribution is 0.221. The predicted molar refractivity (Wildman–Crippen MR) is 109 cm³/mol. The van der Waals surface area contributed by atoms with Gasteiger partial charge in [-0.05, 0) is 24.1 Å². The van der Waals surface area contributed by atoms with Crippen LogP contribution < -0.4 is 20.7 Å². The molecule has 0 saturated heterocycles. The minimum Gasteiger partial charge on any atom is -0.493 e. The number of rotatable bonds is 5. The molecule has 29 heavy (non-hydrogen) atoms. The number of hydrogen-bond acceptors (Lipinski definition) is 6. The molecule has 154 valence electrons. The molecule has 1 aliphatic rings. The Morgan fingerprint density at radius 1 is 1.03 bits per heavy atom. The van der Waals surface area contributed by atoms with Gasteiger partial charge in [-0.2, -0.15) is 0 Å². The summed E-state index contributed by atoms with van der Waals surface area (Å²) in [6.45, 7) is 2.98. The van der Waals surface area contributed by atoms with Gasteiger partial charge < -0.3 is 14.0 Å². The van der Waals surface area contributed by atoms with E-state index >= 15 is 0 Å². The second-order valence-corrected chi connectivity index (χ2v) is 7.27. The van der Waals surface area contributed by atoms with Crippen LogP contribution in [0.25, 0.3) is 11.2 Å². The van der Waals surface area contributed by atoms with Gasteiger partial charge in [0.2, 0.25) is 0 Å². The summed E-state index contributed by atoms with van der Waals surface area (Å²) in [6, 6.07) is 5.96. The van der Waals surface area contributed by atoms with Gasteiger partial charge in [0.15, 0.2) is 22.7 Å². The SMILES string of the molecule is COc1ccc(CCN2CCn3c(nc4c3c(=O)n(C)c(=O)n4C)C2)cc1OC. The van der Waals surface area contributed by atoms with Crippen molar-refractivity contribution in [3.8, 4) is 11.5 Å². The molecule has 9 nitrogen and oxygen atoms in total. The average molecular weight is 399 g/mol. The van der Waals surface area contributed by atoms with Gasteiger partial charge in [0, 0.05) is 33.7 Å². The molecule has 3 heterocycles. The zero-order valence-corrected chi connectivity index (χ0v) is 17.1. The minimum absolute atomic E-state index is 0.291. The van der Waals surface area contributed by atoms with Crippen LogP contribution in [0.1, 0.15) is 11.4 Å². The summed E-state index contributed by atoms with van der Waals surface area (Å²) in [5.74, 6) is 2.26. The minimum atomic E-state index is -0.358. The lowest BCUT2D eigenvalue weighted by Crippen LogP contribution is -2.39. The predicted octanol–water partition coefficient (Wildman–Crippen LogP) is 0.509. The number of fused-ring (bicyclic) bond motifs is 3. The largest absolute Gasteiger partial charge is 0.493 e. The van der Waals surface area contributed by atoms with E-state index in [-0.39, 0.29) is 11.2 Å². The summed E-state index contributed by atoms with van der Waals surface area (Å²) >= 11 is 0. The standard InChI is InChI=1S/C20H25N5O4/c1-22-18-17(19(26)23(2)20(22)27)25-10-9-24(12-16(25)21-18)8-7-13-5-6-14(28-3)15(11-13)29-4/h5-6,11H,7-10,12H2,1-4H3. The van der Waals surface area contributed by atoms with E-state index in [9.17, 15) is 9.59 Å². The Bertz CT molecular complexity index is 1190. The lowest BCUT2D eigenvalue weighted by Gasteiger charge is -2.27. The van der Waals surface area contributed by atoms with Crippen molar-refractivity contribution in [3.63, 3.8) is 0 Å². The molecule has 0 unspecified atom stereocenters. The molecule has 0 aliphatic carbocycles. The number of hydrogen-bond donors (Lipinski definition) is 0. The molecule has 0 radical (unpaired) electrons. The Hall–Kier alpha value is -3.07. The van der Waals surface area contributed by atoms with Crippen LogP contribution in [0.4, 0.5) is 0 Å². The average Bonchev–Trinajstić information content (AvgIpc) is 3.13. The number of imidazole rings is 1. The van der Waals surface area contributed by atoms with Gasteiger partial charge >= 0.3 is 5.69 Å². The Balaban J connectivity index is 1.55. The van der Waals surface area contributed by atoms with Gasteiger partial charge in [-0.25, -0.2) is 9.78 Å². The summed E-state index contributed by atoms with van der Waals surface area (Å²) in [5, 5.41) is 0. The maximum absolute atomic E-state index is 12.6. The molecule has 0 fully saturated rings. The first-order chi connectivity index (χ1) is 13.9. The van der Waals surface area contributed by atoms with E-state index in [2.05, 4.69) is 9.88 Å². The van der Waals surface area contributed by atoms with Crippen molar-refractivity contribution in [3.05, 3.63) is 50.4 Å². The quantitative estimate of drug-likeness (QED) is 0.622. The third-order valence-electron chi connectivity index (χ3n) is 5.60. The van der Waals surface area contributed by atoms with Crippen LogP contribution in [0.15, 0.2) is 27.8 Å². The van der Waals surface area contributed by atoms with Crippen molar-refractivity contribution in [2.75, 3.05) is 27.3 Å². The number of nitrogens with zero attached hydrogens (tertiary/aromatic N) is 5. The Labute approximate surface area is 167 Å². The second kappa shape index (κ2) is 7.40. The molecule has 0 spiro atoms. The van der Waals surface area contributed by atoms with Crippen LogP contribution in [0, 0.1) is 0 Å². The summed E-state index contributed by atoms with van der Waals surface area (Å²) in [6.07, 6.45) is 0.862. The molecule has 2 aromatic heterocycles. The highest BCUT2D eigenvalue weighted by atomic mass is 16.5. The monoisotopic (exact) mass is 399 g/mol. The molecular formula is C20H25N5O4. The van der Waals surface area contributed by atoms with Gasteiger partial charge in [-0.1, -0.05) is 6.07 Å². The summed E-state index contributed by atoms with van der Waals surface area (Å²) < 4.78 is 15.2. The molecule has 4 rings (SSSR count). The van der Waals surface area contributed by atoms with Crippen LogP contribution >= 0.6 is 0 Å². The van der Waals surface area contributed by atoms with Crippen LogP contribution in [0.5, 0.6) is 11.5 Å². The van der Waals surface area contributed by atoms with Gasteiger partial charge in [-0.15, -0.1) is 0 Å². The van der Waals surface area contributed by atoms with Crippen molar-refractivity contribution < 1.29 is 9.47 Å². The summed E-state index contributed by atoms with van der Waals surface area (Å²) in [5.41, 5.74) is 1.47. The number of ether oxygens (including phenoxy) is 2. The second-order valence-electron chi connectivity index (χ2n) is 7.27. The lowest BCUT2D eigenvalue weighted by atomic mass is 10.1. The normalized spacial score (nSPS) is 14.2. The number of aromatic nitrogens is 4. The Morgan fingerprint density at radius 2 is 1.79 bits per heavy atom. The Kier molecular flexibility index (Phi) is 4.91. The fourth-order valence-electron chi connectivity index (χ4n) is 3.89. The maximum Gasteiger partial charge on any atom is 0.332 e. The third kappa shape index (κ3) is 3.21. The highest BCUT2D eigenvalue weighted by Crippen LogP contribution is 2.28. The van der Waals surface area contributed by atoms with Crippen molar-refractivity contribution in [2.45, 2.75) is 19.5 Å². The molecular weight excluding hydrogens is 374 g/mol. The van der Waals surface area contributed by atoms with Crippen molar-refractivity contribution in [1.29, 1.82) is 0 Å². The smallest absolute Gasteiger partial charge is 0.332 e. The third-order valence-corrected chi connectivity index (χ3v) is 5.60. The molecule has 9 heteroatoms. The Morgan fingerprint density at radius 3 is 2.52 bits per heavy atom. The van der Waals surface area contributed by atoms with E-state index in [1.165, 1.54) is 11.6 Å². The van der Waals surface area contributed by atoms with Crippen LogP contribution in [0.3, 0.4) is 0 Å². The topological polar surface area (TPSA) is 83.5 Å². The van der Waals surface area contributed by atoms with Crippen LogP contribution in [-0.4, -0.2) is 50.9 Å². The summed E-state index contributed by atoms with van der Waals surface area (Å²) in [4.78, 5) is 31.7. The van der Waals surface area contributed by atoms with E-state index in [4.69, 9.17) is 9.47 Å². The van der Waals surface area contributed by atoms with Gasteiger partial charge in [0.05, 0.1) is 20.8 Å². The van der Waals surface area contributed by atoms with Crippen LogP contribution in [-0.2, 0) is 33.6 Å². The van der Waals surface area contributed by atoms with E-state index in [0.717, 1.165) is 47.0 Å². The first-order valence-electron chi connectivity index (χ1n) is 9.53. The van der Waals surface area contributed by atoms with Gasteiger partial charge in [-0.3, -0.25) is 18.8 Å². The molecule has 1 aliphatic heterocycles. The van der Waals surface area contributed by atoms with Gasteiger partial charge in [0.25, 0.3) is 5.56 Å². The first kappa shape index (κ1) is 19.3. The molecule has 0 N–H and O–H groups in total. The summed E-state index contributed by atoms with van der Waals surface area (Å²) in [7, 11) is 6.41. The fourth-order valence-corrected chi connectivity index (χ4v) is 3.89. The number of benzene rings is 1. The highest BCUT2D eigenvalue weighted by molar-refractivity contribution is 5.71. The molecule has 0 atom stereocenters. The molecule has 1 aromatic carbocycles. The molecule has 3 aromatic rings. The molecule has 0 saturated carbocycles. The van der Waals surface area contributed by atoms with E-state index in [1.54, 1.807) is 21.3 Å². The van der Waals surface area contributed by atoms with Gasteiger partial charge in [0.1, 0.15) is 5.82 Å². The number of methoxy groups -OCH3 is 2. The zero-order valence-electron chi connectivity index (χ0n) is 17.1. The number of aryl methyl sites for hydroxylation is 1. The zero-order chi connectivity index (χ0) is 20.7. The van der Waals surface area contributed by atoms with E-state index < -0.39 is 0 Å². The van der Waals surface area contributed by atoms with E-state index in [1.807, 2.05) is 22.8 Å². The molecule has 0 amide bonds. The highest BCUT2D eigenvalue weighted by Gasteiger charge is 2.24. The van der Waals surface area contributed by atoms with Crippen molar-refractivity contribution >= 4 is 11.2 Å². The van der Waals surface area contributed by atoms with Crippen LogP contribution in [0.2, 0.25) is 0 Å².